The van der Waals surface area contributed by atoms with Gasteiger partial charge >= 0.3 is 5.69 Å². The van der Waals surface area contributed by atoms with Gasteiger partial charge in [0.05, 0.1) is 10.4 Å². The maximum absolute atomic E-state index is 13.9. The van der Waals surface area contributed by atoms with Crippen LogP contribution < -0.4 is 21.6 Å². The third kappa shape index (κ3) is 6.00. The number of hydrogen-bond acceptors (Lipinski definition) is 8. The van der Waals surface area contributed by atoms with E-state index in [1.54, 1.807) is 16.7 Å². The van der Waals surface area contributed by atoms with E-state index in [1.807, 2.05) is 25.8 Å². The lowest BCUT2D eigenvalue weighted by atomic mass is 10.1. The largest absolute Gasteiger partial charge is 0.462 e. The van der Waals surface area contributed by atoms with E-state index in [0.29, 0.717) is 54.8 Å². The minimum Gasteiger partial charge on any atom is -0.462 e. The summed E-state index contributed by atoms with van der Waals surface area (Å²) in [6.45, 7) is 6.27. The van der Waals surface area contributed by atoms with E-state index < -0.39 is 16.9 Å². The van der Waals surface area contributed by atoms with Crippen LogP contribution in [0.1, 0.15) is 43.5 Å². The highest BCUT2D eigenvalue weighted by Crippen LogP contribution is 2.30. The summed E-state index contributed by atoms with van der Waals surface area (Å²) >= 11 is 12.3. The van der Waals surface area contributed by atoms with Gasteiger partial charge in [-0.05, 0) is 63.0 Å². The number of likely N-dealkylation sites (N-methyl/N-ethyl adjacent to an activating group) is 1. The summed E-state index contributed by atoms with van der Waals surface area (Å²) in [5, 5.41) is 0.503. The zero-order valence-corrected chi connectivity index (χ0v) is 27.2. The van der Waals surface area contributed by atoms with Gasteiger partial charge in [-0.3, -0.25) is 28.4 Å². The molecule has 0 saturated heterocycles. The molecule has 1 aliphatic rings. The highest BCUT2D eigenvalue weighted by Gasteiger charge is 2.27. The number of imidazole rings is 1. The summed E-state index contributed by atoms with van der Waals surface area (Å²) < 4.78 is 8.46. The van der Waals surface area contributed by atoms with Gasteiger partial charge in [0.15, 0.2) is 11.2 Å². The van der Waals surface area contributed by atoms with Crippen molar-refractivity contribution in [2.45, 2.75) is 46.2 Å². The molecular formula is C32H33Cl2N7O5. The molecule has 1 fully saturated rings. The Balaban J connectivity index is 1.38. The van der Waals surface area contributed by atoms with Crippen LogP contribution in [0.4, 0.5) is 5.82 Å². The number of anilines is 1. The Bertz CT molecular complexity index is 2130. The number of rotatable bonds is 11. The van der Waals surface area contributed by atoms with Crippen molar-refractivity contribution in [3.63, 3.8) is 0 Å². The van der Waals surface area contributed by atoms with Crippen molar-refractivity contribution in [2.75, 3.05) is 31.6 Å². The summed E-state index contributed by atoms with van der Waals surface area (Å²) in [5.41, 5.74) is -0.250. The maximum Gasteiger partial charge on any atom is 0.332 e. The lowest BCUT2D eigenvalue weighted by molar-refractivity contribution is 0.0981. The summed E-state index contributed by atoms with van der Waals surface area (Å²) in [5.74, 6) is 0.413. The number of aromatic nitrogens is 5. The highest BCUT2D eigenvalue weighted by atomic mass is 35.5. The third-order valence-corrected chi connectivity index (χ3v) is 8.76. The number of nitrogens with zero attached hydrogens (tertiary/aromatic N) is 6. The van der Waals surface area contributed by atoms with Gasteiger partial charge < -0.3 is 14.3 Å². The Labute approximate surface area is 273 Å². The van der Waals surface area contributed by atoms with Crippen molar-refractivity contribution >= 4 is 57.1 Å². The molecule has 1 amide bonds. The van der Waals surface area contributed by atoms with Crippen molar-refractivity contribution in [1.82, 2.24) is 29.0 Å². The standard InChI is InChI=1S/C32H33Cl2N7O5/c1-4-10-40-29-25(31(44)41(32(40)45)16-18-6-7-18)36-28(37-29)19-8-9-24(35-15-19)39(12-11-38(3)5-2)30(43)22-17-46-27-21(26(22)42)13-20(33)14-23(27)34/h8-9,13-15,17-18H,4-7,10-12,16H2,1-3H3,(H,36,37). The lowest BCUT2D eigenvalue weighted by Crippen LogP contribution is -2.40. The van der Waals surface area contributed by atoms with Crippen LogP contribution in [0.25, 0.3) is 33.5 Å². The van der Waals surface area contributed by atoms with Crippen molar-refractivity contribution in [3.8, 4) is 11.4 Å². The molecule has 1 aromatic carbocycles. The summed E-state index contributed by atoms with van der Waals surface area (Å²) in [4.78, 5) is 69.6. The fourth-order valence-corrected chi connectivity index (χ4v) is 5.88. The fraction of sp³-hybridized carbons (Fsp3) is 0.375. The molecule has 12 nitrogen and oxygen atoms in total. The van der Waals surface area contributed by atoms with Gasteiger partial charge in [-0.25, -0.2) is 14.8 Å². The lowest BCUT2D eigenvalue weighted by Gasteiger charge is -2.24. The average molecular weight is 667 g/mol. The van der Waals surface area contributed by atoms with Crippen LogP contribution in [0, 0.1) is 5.92 Å². The molecule has 0 unspecified atom stereocenters. The van der Waals surface area contributed by atoms with Gasteiger partial charge in [-0.2, -0.15) is 0 Å². The molecule has 1 aliphatic carbocycles. The normalized spacial score (nSPS) is 13.3. The number of amides is 1. The Kier molecular flexibility index (Phi) is 8.86. The molecule has 0 bridgehead atoms. The zero-order valence-electron chi connectivity index (χ0n) is 25.7. The number of hydrogen-bond donors (Lipinski definition) is 1. The molecule has 240 valence electrons. The Morgan fingerprint density at radius 3 is 2.57 bits per heavy atom. The molecule has 0 spiro atoms. The molecular weight excluding hydrogens is 633 g/mol. The van der Waals surface area contributed by atoms with Gasteiger partial charge in [-0.15, -0.1) is 0 Å². The van der Waals surface area contributed by atoms with E-state index in [4.69, 9.17) is 27.6 Å². The molecule has 0 radical (unpaired) electrons. The van der Waals surface area contributed by atoms with Gasteiger partial charge in [0, 0.05) is 43.0 Å². The van der Waals surface area contributed by atoms with Crippen LogP contribution in [0.3, 0.4) is 0 Å². The number of fused-ring (bicyclic) bond motifs is 2. The number of aromatic amines is 1. The number of H-pyrrole nitrogens is 1. The number of halogens is 2. The van der Waals surface area contributed by atoms with Crippen LogP contribution in [0.5, 0.6) is 0 Å². The van der Waals surface area contributed by atoms with Gasteiger partial charge in [0.2, 0.25) is 5.43 Å². The van der Waals surface area contributed by atoms with Crippen molar-refractivity contribution in [1.29, 1.82) is 0 Å². The molecule has 5 aromatic rings. The average Bonchev–Trinajstić information content (AvgIpc) is 3.76. The van der Waals surface area contributed by atoms with E-state index in [-0.39, 0.29) is 44.3 Å². The molecule has 1 saturated carbocycles. The fourth-order valence-electron chi connectivity index (χ4n) is 5.34. The smallest absolute Gasteiger partial charge is 0.332 e. The predicted octanol–water partition coefficient (Wildman–Crippen LogP) is 4.78. The van der Waals surface area contributed by atoms with Gasteiger partial charge in [0.1, 0.15) is 29.0 Å². The number of carbonyl (C=O) groups excluding carboxylic acids is 1. The van der Waals surface area contributed by atoms with Crippen molar-refractivity contribution < 1.29 is 9.21 Å². The summed E-state index contributed by atoms with van der Waals surface area (Å²) in [6.07, 6.45) is 5.35. The molecule has 6 rings (SSSR count). The second-order valence-corrected chi connectivity index (χ2v) is 12.4. The second-order valence-electron chi connectivity index (χ2n) is 11.6. The second kappa shape index (κ2) is 12.9. The molecule has 0 atom stereocenters. The quantitative estimate of drug-likeness (QED) is 0.213. The molecule has 14 heteroatoms. The molecule has 46 heavy (non-hydrogen) atoms. The monoisotopic (exact) mass is 665 g/mol. The van der Waals surface area contributed by atoms with E-state index in [9.17, 15) is 19.2 Å². The third-order valence-electron chi connectivity index (χ3n) is 8.26. The predicted molar refractivity (Wildman–Crippen MR) is 178 cm³/mol. The maximum atomic E-state index is 13.9. The summed E-state index contributed by atoms with van der Waals surface area (Å²) in [6, 6.07) is 6.25. The van der Waals surface area contributed by atoms with E-state index >= 15 is 0 Å². The van der Waals surface area contributed by atoms with Crippen LogP contribution in [0.2, 0.25) is 10.0 Å². The van der Waals surface area contributed by atoms with Crippen molar-refractivity contribution in [2.24, 2.45) is 5.92 Å². The minimum atomic E-state index is -0.597. The first-order valence-electron chi connectivity index (χ1n) is 15.2. The zero-order chi connectivity index (χ0) is 32.7. The topological polar surface area (TPSA) is 139 Å². The SMILES string of the molecule is CCCn1c(=O)n(CC2CC2)c(=O)c2[nH]c(-c3ccc(N(CCN(C)CC)C(=O)c4coc5c(Cl)cc(Cl)cc5c4=O)nc3)nc21. The summed E-state index contributed by atoms with van der Waals surface area (Å²) in [7, 11) is 1.92. The molecule has 4 aromatic heterocycles. The first-order chi connectivity index (χ1) is 22.1. The number of nitrogens with one attached hydrogen (secondary N) is 1. The van der Waals surface area contributed by atoms with E-state index in [1.165, 1.54) is 27.8 Å². The number of aryl methyl sites for hydroxylation is 1. The highest BCUT2D eigenvalue weighted by molar-refractivity contribution is 6.38. The minimum absolute atomic E-state index is 0.0971. The Hall–Kier alpha value is -4.26. The van der Waals surface area contributed by atoms with Gasteiger partial charge in [0.25, 0.3) is 11.5 Å². The van der Waals surface area contributed by atoms with E-state index in [0.717, 1.165) is 25.6 Å². The molecule has 0 aliphatic heterocycles. The molecule has 4 heterocycles. The first-order valence-corrected chi connectivity index (χ1v) is 16.0. The van der Waals surface area contributed by atoms with Crippen LogP contribution in [0.15, 0.2) is 55.5 Å². The number of pyridine rings is 1. The van der Waals surface area contributed by atoms with Gasteiger partial charge in [-0.1, -0.05) is 37.0 Å². The number of carbonyl (C=O) groups is 1. The Morgan fingerprint density at radius 1 is 1.11 bits per heavy atom. The first kappa shape index (κ1) is 31.7. The molecule has 1 N–H and O–H groups in total. The van der Waals surface area contributed by atoms with E-state index in [2.05, 4.69) is 15.0 Å². The van der Waals surface area contributed by atoms with Crippen LogP contribution in [-0.4, -0.2) is 61.6 Å². The van der Waals surface area contributed by atoms with Crippen molar-refractivity contribution in [3.05, 3.63) is 83.4 Å². The Morgan fingerprint density at radius 2 is 1.89 bits per heavy atom. The van der Waals surface area contributed by atoms with Crippen LogP contribution >= 0.6 is 23.2 Å². The number of benzene rings is 1. The van der Waals surface area contributed by atoms with Crippen LogP contribution in [-0.2, 0) is 13.1 Å².